The molecule has 0 radical (unpaired) electrons. The fraction of sp³-hybridized carbons (Fsp3) is 0. The molecule has 2 aromatic heterocycles. The molecule has 9 heteroatoms. The van der Waals surface area contributed by atoms with Crippen molar-refractivity contribution in [2.75, 3.05) is 5.32 Å². The van der Waals surface area contributed by atoms with E-state index in [0.29, 0.717) is 17.3 Å². The van der Waals surface area contributed by atoms with E-state index in [4.69, 9.17) is 0 Å². The van der Waals surface area contributed by atoms with Crippen molar-refractivity contribution in [1.82, 2.24) is 15.0 Å². The summed E-state index contributed by atoms with van der Waals surface area (Å²) in [6.07, 6.45) is 1.34. The van der Waals surface area contributed by atoms with Crippen molar-refractivity contribution in [1.29, 1.82) is 0 Å². The van der Waals surface area contributed by atoms with Crippen LogP contribution in [0.3, 0.4) is 0 Å². The Morgan fingerprint density at radius 2 is 1.67 bits per heavy atom. The van der Waals surface area contributed by atoms with Crippen molar-refractivity contribution < 1.29 is 23.4 Å². The molecule has 0 bridgehead atoms. The zero-order valence-electron chi connectivity index (χ0n) is 11.8. The molecule has 122 valence electrons. The van der Waals surface area contributed by atoms with Crippen molar-refractivity contribution in [3.8, 4) is 22.8 Å². The van der Waals surface area contributed by atoms with Gasteiger partial charge in [-0.15, -0.1) is 0 Å². The maximum absolute atomic E-state index is 13.6. The first-order valence-electron chi connectivity index (χ1n) is 6.58. The van der Waals surface area contributed by atoms with Gasteiger partial charge in [0, 0.05) is 17.8 Å². The Morgan fingerprint density at radius 3 is 2.42 bits per heavy atom. The Balaban J connectivity index is 1.93. The SMILES string of the molecule is Oc1ccc(-c2ccnc(Nc3nc(F)c(F)cc3F)n2)cc1O. The monoisotopic (exact) mass is 334 g/mol. The summed E-state index contributed by atoms with van der Waals surface area (Å²) in [6, 6.07) is 5.91. The van der Waals surface area contributed by atoms with E-state index in [1.165, 1.54) is 30.5 Å². The number of phenols is 2. The molecule has 0 spiro atoms. The Kier molecular flexibility index (Phi) is 3.90. The number of nitrogens with one attached hydrogen (secondary N) is 1. The molecule has 0 aliphatic carbocycles. The molecule has 0 amide bonds. The second-order valence-electron chi connectivity index (χ2n) is 4.69. The molecule has 0 aliphatic heterocycles. The quantitative estimate of drug-likeness (QED) is 0.504. The fourth-order valence-electron chi connectivity index (χ4n) is 1.90. The molecule has 3 aromatic rings. The molecule has 24 heavy (non-hydrogen) atoms. The molecular formula is C15H9F3N4O2. The number of aromatic nitrogens is 3. The van der Waals surface area contributed by atoms with E-state index in [2.05, 4.69) is 20.3 Å². The molecule has 6 nitrogen and oxygen atoms in total. The van der Waals surface area contributed by atoms with Crippen molar-refractivity contribution in [3.63, 3.8) is 0 Å². The minimum atomic E-state index is -1.46. The van der Waals surface area contributed by atoms with Gasteiger partial charge in [0.15, 0.2) is 29.0 Å². The first kappa shape index (κ1) is 15.5. The number of pyridine rings is 1. The van der Waals surface area contributed by atoms with Gasteiger partial charge in [-0.3, -0.25) is 0 Å². The molecule has 2 heterocycles. The summed E-state index contributed by atoms with van der Waals surface area (Å²) in [5.41, 5.74) is 0.792. The minimum Gasteiger partial charge on any atom is -0.504 e. The van der Waals surface area contributed by atoms with Gasteiger partial charge in [0.05, 0.1) is 5.69 Å². The van der Waals surface area contributed by atoms with Gasteiger partial charge in [-0.2, -0.15) is 9.37 Å². The Hall–Kier alpha value is -3.36. The van der Waals surface area contributed by atoms with Gasteiger partial charge in [-0.25, -0.2) is 18.7 Å². The van der Waals surface area contributed by atoms with Gasteiger partial charge in [0.2, 0.25) is 5.95 Å². The maximum atomic E-state index is 13.6. The zero-order chi connectivity index (χ0) is 17.3. The number of aromatic hydroxyl groups is 2. The van der Waals surface area contributed by atoms with Crippen LogP contribution in [0.4, 0.5) is 24.9 Å². The van der Waals surface area contributed by atoms with E-state index in [1.807, 2.05) is 0 Å². The predicted molar refractivity (Wildman–Crippen MR) is 78.2 cm³/mol. The van der Waals surface area contributed by atoms with Crippen LogP contribution in [0.5, 0.6) is 11.5 Å². The van der Waals surface area contributed by atoms with Crippen molar-refractivity contribution >= 4 is 11.8 Å². The topological polar surface area (TPSA) is 91.2 Å². The number of hydrogen-bond donors (Lipinski definition) is 3. The average Bonchev–Trinajstić information content (AvgIpc) is 2.55. The summed E-state index contributed by atoms with van der Waals surface area (Å²) in [4.78, 5) is 11.0. The lowest BCUT2D eigenvalue weighted by molar-refractivity contribution is 0.404. The normalized spacial score (nSPS) is 10.6. The van der Waals surface area contributed by atoms with Crippen LogP contribution in [0.25, 0.3) is 11.3 Å². The fourth-order valence-corrected chi connectivity index (χ4v) is 1.90. The van der Waals surface area contributed by atoms with E-state index < -0.39 is 23.4 Å². The summed E-state index contributed by atoms with van der Waals surface area (Å²) >= 11 is 0. The number of nitrogens with zero attached hydrogens (tertiary/aromatic N) is 3. The lowest BCUT2D eigenvalue weighted by atomic mass is 10.1. The third kappa shape index (κ3) is 3.05. The molecule has 3 N–H and O–H groups in total. The number of hydrogen-bond acceptors (Lipinski definition) is 6. The highest BCUT2D eigenvalue weighted by Crippen LogP contribution is 2.30. The van der Waals surface area contributed by atoms with Crippen LogP contribution in [-0.2, 0) is 0 Å². The highest BCUT2D eigenvalue weighted by Gasteiger charge is 2.13. The largest absolute Gasteiger partial charge is 0.504 e. The third-order valence-electron chi connectivity index (χ3n) is 3.04. The lowest BCUT2D eigenvalue weighted by Crippen LogP contribution is -2.04. The van der Waals surface area contributed by atoms with Gasteiger partial charge in [0.25, 0.3) is 5.95 Å². The molecule has 0 aliphatic rings. The first-order chi connectivity index (χ1) is 11.4. The molecule has 1 aromatic carbocycles. The first-order valence-corrected chi connectivity index (χ1v) is 6.58. The Bertz CT molecular complexity index is 921. The van der Waals surface area contributed by atoms with Gasteiger partial charge in [0.1, 0.15) is 0 Å². The summed E-state index contributed by atoms with van der Waals surface area (Å²) in [7, 11) is 0. The predicted octanol–water partition coefficient (Wildman–Crippen LogP) is 3.11. The Labute approximate surface area is 133 Å². The minimum absolute atomic E-state index is 0.113. The second-order valence-corrected chi connectivity index (χ2v) is 4.69. The molecular weight excluding hydrogens is 325 g/mol. The standard InChI is InChI=1S/C15H9F3N4O2/c16-8-6-9(17)14(21-13(8)18)22-15-19-4-3-10(20-15)7-1-2-11(23)12(24)5-7/h1-6,23-24H,(H,19,20,21,22). The van der Waals surface area contributed by atoms with Gasteiger partial charge >= 0.3 is 0 Å². The van der Waals surface area contributed by atoms with E-state index in [9.17, 15) is 23.4 Å². The van der Waals surface area contributed by atoms with Crippen LogP contribution >= 0.6 is 0 Å². The third-order valence-corrected chi connectivity index (χ3v) is 3.04. The van der Waals surface area contributed by atoms with Crippen LogP contribution in [0, 0.1) is 17.6 Å². The number of rotatable bonds is 3. The maximum Gasteiger partial charge on any atom is 0.251 e. The molecule has 3 rings (SSSR count). The smallest absolute Gasteiger partial charge is 0.251 e. The molecule has 0 atom stereocenters. The summed E-state index contributed by atoms with van der Waals surface area (Å²) < 4.78 is 39.6. The average molecular weight is 334 g/mol. The number of halogens is 3. The van der Waals surface area contributed by atoms with Crippen LogP contribution in [0.2, 0.25) is 0 Å². The van der Waals surface area contributed by atoms with Crippen LogP contribution < -0.4 is 5.32 Å². The van der Waals surface area contributed by atoms with Crippen molar-refractivity contribution in [3.05, 3.63) is 54.1 Å². The van der Waals surface area contributed by atoms with E-state index >= 15 is 0 Å². The molecule has 0 saturated carbocycles. The van der Waals surface area contributed by atoms with E-state index in [0.717, 1.165) is 0 Å². The molecule has 0 saturated heterocycles. The molecule has 0 unspecified atom stereocenters. The van der Waals surface area contributed by atoms with Gasteiger partial charge in [-0.05, 0) is 24.3 Å². The number of anilines is 2. The van der Waals surface area contributed by atoms with Crippen molar-refractivity contribution in [2.24, 2.45) is 0 Å². The van der Waals surface area contributed by atoms with E-state index in [1.54, 1.807) is 0 Å². The lowest BCUT2D eigenvalue weighted by Gasteiger charge is -2.08. The van der Waals surface area contributed by atoms with Gasteiger partial charge < -0.3 is 15.5 Å². The summed E-state index contributed by atoms with van der Waals surface area (Å²) in [5, 5.41) is 21.2. The summed E-state index contributed by atoms with van der Waals surface area (Å²) in [6.45, 7) is 0. The van der Waals surface area contributed by atoms with E-state index in [-0.39, 0.29) is 17.4 Å². The van der Waals surface area contributed by atoms with Gasteiger partial charge in [-0.1, -0.05) is 0 Å². The van der Waals surface area contributed by atoms with Crippen LogP contribution in [0.1, 0.15) is 0 Å². The number of phenolic OH excluding ortho intramolecular Hbond substituents is 2. The highest BCUT2D eigenvalue weighted by atomic mass is 19.2. The Morgan fingerprint density at radius 1 is 0.875 bits per heavy atom. The second kappa shape index (κ2) is 6.03. The van der Waals surface area contributed by atoms with Crippen LogP contribution in [-0.4, -0.2) is 25.2 Å². The number of benzene rings is 1. The highest BCUT2D eigenvalue weighted by molar-refractivity contribution is 5.64. The summed E-state index contributed by atoms with van der Waals surface area (Å²) in [5.74, 6) is -5.29. The van der Waals surface area contributed by atoms with Crippen LogP contribution in [0.15, 0.2) is 36.5 Å². The van der Waals surface area contributed by atoms with Crippen molar-refractivity contribution in [2.45, 2.75) is 0 Å². The zero-order valence-corrected chi connectivity index (χ0v) is 11.8. The molecule has 0 fully saturated rings.